The van der Waals surface area contributed by atoms with Crippen LogP contribution >= 0.6 is 0 Å². The summed E-state index contributed by atoms with van der Waals surface area (Å²) >= 11 is 0. The van der Waals surface area contributed by atoms with E-state index >= 15 is 0 Å². The van der Waals surface area contributed by atoms with Gasteiger partial charge in [0.1, 0.15) is 12.2 Å². The van der Waals surface area contributed by atoms with Gasteiger partial charge in [0.2, 0.25) is 0 Å². The first-order valence-corrected chi connectivity index (χ1v) is 8.90. The van der Waals surface area contributed by atoms with Crippen molar-refractivity contribution in [1.82, 2.24) is 34.8 Å². The van der Waals surface area contributed by atoms with Crippen LogP contribution in [-0.2, 0) is 13.6 Å². The lowest BCUT2D eigenvalue weighted by molar-refractivity contribution is 0.197. The van der Waals surface area contributed by atoms with E-state index in [1.54, 1.807) is 27.5 Å². The van der Waals surface area contributed by atoms with Crippen LogP contribution in [0.2, 0.25) is 0 Å². The molecule has 0 aliphatic carbocycles. The average molecular weight is 367 g/mol. The molecule has 0 aliphatic rings. The van der Waals surface area contributed by atoms with Gasteiger partial charge in [-0.15, -0.1) is 0 Å². The predicted molar refractivity (Wildman–Crippen MR) is 102 cm³/mol. The Bertz CT molecular complexity index is 868. The molecular formula is C19H25N7O. The van der Waals surface area contributed by atoms with E-state index in [-0.39, 0.29) is 18.0 Å². The van der Waals surface area contributed by atoms with Crippen LogP contribution in [0.4, 0.5) is 4.79 Å². The van der Waals surface area contributed by atoms with E-state index < -0.39 is 0 Å². The third kappa shape index (κ3) is 4.33. The Morgan fingerprint density at radius 1 is 1.22 bits per heavy atom. The molecule has 0 spiro atoms. The summed E-state index contributed by atoms with van der Waals surface area (Å²) in [6.07, 6.45) is 5.14. The molecule has 2 aromatic heterocycles. The normalized spacial score (nSPS) is 12.2. The highest BCUT2D eigenvalue weighted by Crippen LogP contribution is 2.19. The minimum atomic E-state index is -0.199. The average Bonchev–Trinajstić information content (AvgIpc) is 3.32. The second-order valence-electron chi connectivity index (χ2n) is 6.89. The quantitative estimate of drug-likeness (QED) is 0.726. The maximum Gasteiger partial charge on any atom is 0.318 e. The van der Waals surface area contributed by atoms with Crippen molar-refractivity contribution in [2.75, 3.05) is 7.05 Å². The fourth-order valence-electron chi connectivity index (χ4n) is 2.88. The number of amides is 2. The molecule has 3 rings (SSSR count). The van der Waals surface area contributed by atoms with E-state index in [1.165, 1.54) is 6.33 Å². The number of benzene rings is 1. The lowest BCUT2D eigenvalue weighted by Gasteiger charge is -2.25. The highest BCUT2D eigenvalue weighted by molar-refractivity contribution is 5.74. The molecule has 0 bridgehead atoms. The summed E-state index contributed by atoms with van der Waals surface area (Å²) in [7, 11) is 3.61. The Morgan fingerprint density at radius 2 is 1.96 bits per heavy atom. The van der Waals surface area contributed by atoms with Crippen molar-refractivity contribution in [3.8, 4) is 5.69 Å². The molecule has 0 saturated heterocycles. The summed E-state index contributed by atoms with van der Waals surface area (Å²) in [5, 5.41) is 11.4. The number of aryl methyl sites for hydroxylation is 1. The van der Waals surface area contributed by atoms with Crippen LogP contribution in [0.15, 0.2) is 49.1 Å². The largest absolute Gasteiger partial charge is 0.328 e. The van der Waals surface area contributed by atoms with Gasteiger partial charge < -0.3 is 10.2 Å². The van der Waals surface area contributed by atoms with E-state index in [0.29, 0.717) is 6.54 Å². The lowest BCUT2D eigenvalue weighted by Crippen LogP contribution is -2.41. The fraction of sp³-hybridized carbons (Fsp3) is 0.368. The zero-order valence-electron chi connectivity index (χ0n) is 16.1. The molecule has 0 saturated carbocycles. The molecule has 142 valence electrons. The number of nitrogens with one attached hydrogen (secondary N) is 1. The first-order valence-electron chi connectivity index (χ1n) is 8.90. The Hall–Kier alpha value is -3.16. The summed E-state index contributed by atoms with van der Waals surface area (Å²) in [4.78, 5) is 18.6. The van der Waals surface area contributed by atoms with Crippen molar-refractivity contribution < 1.29 is 4.79 Å². The minimum absolute atomic E-state index is 0.146. The molecule has 8 heteroatoms. The van der Waals surface area contributed by atoms with Crippen LogP contribution in [0.1, 0.15) is 31.3 Å². The Labute approximate surface area is 158 Å². The number of aromatic nitrogens is 5. The molecule has 3 aromatic rings. The van der Waals surface area contributed by atoms with Gasteiger partial charge in [-0.05, 0) is 29.7 Å². The maximum absolute atomic E-state index is 12.7. The summed E-state index contributed by atoms with van der Waals surface area (Å²) in [6.45, 7) is 4.61. The number of urea groups is 1. The van der Waals surface area contributed by atoms with E-state index in [0.717, 1.165) is 17.1 Å². The van der Waals surface area contributed by atoms with Crippen molar-refractivity contribution in [2.45, 2.75) is 26.4 Å². The topological polar surface area (TPSA) is 80.9 Å². The van der Waals surface area contributed by atoms with Crippen molar-refractivity contribution in [2.24, 2.45) is 13.0 Å². The third-order valence-electron chi connectivity index (χ3n) is 4.44. The van der Waals surface area contributed by atoms with Crippen LogP contribution in [0.3, 0.4) is 0 Å². The van der Waals surface area contributed by atoms with Gasteiger partial charge in [-0.25, -0.2) is 14.5 Å². The molecule has 0 unspecified atom stereocenters. The Kier molecular flexibility index (Phi) is 5.54. The van der Waals surface area contributed by atoms with Gasteiger partial charge in [-0.2, -0.15) is 10.2 Å². The molecule has 0 fully saturated rings. The zero-order chi connectivity index (χ0) is 19.4. The van der Waals surface area contributed by atoms with Crippen LogP contribution < -0.4 is 5.32 Å². The summed E-state index contributed by atoms with van der Waals surface area (Å²) in [6, 6.07) is 9.53. The van der Waals surface area contributed by atoms with E-state index in [4.69, 9.17) is 0 Å². The van der Waals surface area contributed by atoms with Crippen molar-refractivity contribution in [3.05, 3.63) is 60.4 Å². The number of carbonyl (C=O) groups excluding carboxylic acids is 1. The first-order chi connectivity index (χ1) is 13.0. The Balaban J connectivity index is 1.64. The number of carbonyl (C=O) groups is 1. The molecule has 1 aromatic carbocycles. The molecule has 0 aliphatic heterocycles. The van der Waals surface area contributed by atoms with Crippen molar-refractivity contribution in [1.29, 1.82) is 0 Å². The monoisotopic (exact) mass is 367 g/mol. The van der Waals surface area contributed by atoms with E-state index in [9.17, 15) is 4.79 Å². The molecule has 2 heterocycles. The number of hydrogen-bond donors (Lipinski definition) is 1. The third-order valence-corrected chi connectivity index (χ3v) is 4.44. The molecule has 1 N–H and O–H groups in total. The lowest BCUT2D eigenvalue weighted by atomic mass is 10.0. The molecular weight excluding hydrogens is 342 g/mol. The first kappa shape index (κ1) is 18.6. The number of rotatable bonds is 6. The van der Waals surface area contributed by atoms with Crippen LogP contribution in [0, 0.1) is 5.92 Å². The second kappa shape index (κ2) is 8.03. The van der Waals surface area contributed by atoms with Crippen LogP contribution in [0.25, 0.3) is 5.69 Å². The summed E-state index contributed by atoms with van der Waals surface area (Å²) in [5.41, 5.74) is 2.03. The highest BCUT2D eigenvalue weighted by atomic mass is 16.2. The van der Waals surface area contributed by atoms with Gasteiger partial charge >= 0.3 is 6.03 Å². The smallest absolute Gasteiger partial charge is 0.318 e. The van der Waals surface area contributed by atoms with E-state index in [2.05, 4.69) is 20.5 Å². The van der Waals surface area contributed by atoms with Gasteiger partial charge in [-0.1, -0.05) is 26.0 Å². The van der Waals surface area contributed by atoms with Crippen molar-refractivity contribution >= 4 is 6.03 Å². The maximum atomic E-state index is 12.7. The predicted octanol–water partition coefficient (Wildman–Crippen LogP) is 2.54. The SMILES string of the molecule is CC(C)[C@@H](NC(=O)N(C)Cc1ccc(-n2cccn2)cc1)c1ncnn1C. The number of hydrogen-bond acceptors (Lipinski definition) is 4. The van der Waals surface area contributed by atoms with Gasteiger partial charge in [-0.3, -0.25) is 4.68 Å². The van der Waals surface area contributed by atoms with Gasteiger partial charge in [0.05, 0.1) is 11.7 Å². The zero-order valence-corrected chi connectivity index (χ0v) is 16.1. The highest BCUT2D eigenvalue weighted by Gasteiger charge is 2.24. The van der Waals surface area contributed by atoms with Gasteiger partial charge in [0, 0.05) is 33.0 Å². The summed E-state index contributed by atoms with van der Waals surface area (Å²) < 4.78 is 3.49. The Morgan fingerprint density at radius 3 is 2.52 bits per heavy atom. The molecule has 2 amide bonds. The molecule has 1 atom stereocenters. The van der Waals surface area contributed by atoms with E-state index in [1.807, 2.05) is 57.4 Å². The molecule has 0 radical (unpaired) electrons. The fourth-order valence-corrected chi connectivity index (χ4v) is 2.88. The van der Waals surface area contributed by atoms with Crippen LogP contribution in [0.5, 0.6) is 0 Å². The molecule has 27 heavy (non-hydrogen) atoms. The van der Waals surface area contributed by atoms with Gasteiger partial charge in [0.15, 0.2) is 0 Å². The minimum Gasteiger partial charge on any atom is -0.328 e. The molecule has 8 nitrogen and oxygen atoms in total. The van der Waals surface area contributed by atoms with Gasteiger partial charge in [0.25, 0.3) is 0 Å². The number of nitrogens with zero attached hydrogens (tertiary/aromatic N) is 6. The van der Waals surface area contributed by atoms with Crippen molar-refractivity contribution in [3.63, 3.8) is 0 Å². The van der Waals surface area contributed by atoms with Crippen LogP contribution in [-0.4, -0.2) is 42.5 Å². The standard InChI is InChI=1S/C19H25N7O/c1-14(2)17(18-20-13-22-25(18)4)23-19(27)24(3)12-15-6-8-16(9-7-15)26-11-5-10-21-26/h5-11,13-14,17H,12H2,1-4H3,(H,23,27)/t17-/m1/s1. The second-order valence-corrected chi connectivity index (χ2v) is 6.89. The summed E-state index contributed by atoms with van der Waals surface area (Å²) in [5.74, 6) is 0.939.